The van der Waals surface area contributed by atoms with Crippen molar-refractivity contribution in [2.45, 2.75) is 33.6 Å². The highest BCUT2D eigenvalue weighted by Crippen LogP contribution is 2.36. The highest BCUT2D eigenvalue weighted by atomic mass is 32.1. The molecule has 0 saturated heterocycles. The average molecular weight is 557 g/mol. The zero-order valence-electron chi connectivity index (χ0n) is 21.5. The van der Waals surface area contributed by atoms with Crippen LogP contribution in [-0.4, -0.2) is 37.5 Å². The number of nitrogens with one attached hydrogen (secondary N) is 1. The number of nitrogen functional groups attached to an aromatic ring is 1. The number of aromatic nitrogens is 5. The summed E-state index contributed by atoms with van der Waals surface area (Å²) < 4.78 is 6.09. The Hall–Kier alpha value is -4.22. The van der Waals surface area contributed by atoms with Gasteiger partial charge in [-0.25, -0.2) is 19.7 Å². The Balaban J connectivity index is 1.19. The van der Waals surface area contributed by atoms with E-state index in [1.807, 2.05) is 45.0 Å². The number of fused-ring (bicyclic) bond motifs is 4. The van der Waals surface area contributed by atoms with Gasteiger partial charge in [0.15, 0.2) is 0 Å². The third-order valence-electron chi connectivity index (χ3n) is 6.52. The first kappa shape index (κ1) is 25.1. The van der Waals surface area contributed by atoms with Crippen LogP contribution in [0, 0.1) is 20.8 Å². The van der Waals surface area contributed by atoms with Crippen molar-refractivity contribution in [3.8, 4) is 11.4 Å². The van der Waals surface area contributed by atoms with E-state index < -0.39 is 5.97 Å². The molecule has 0 aliphatic rings. The molecule has 6 heterocycles. The predicted octanol–water partition coefficient (Wildman–Crippen LogP) is 5.50. The van der Waals surface area contributed by atoms with Crippen molar-refractivity contribution in [3.63, 3.8) is 0 Å². The fraction of sp³-hybridized carbons (Fsp3) is 0.214. The topological polar surface area (TPSA) is 137 Å². The van der Waals surface area contributed by atoms with Crippen molar-refractivity contribution >= 4 is 65.0 Å². The number of thiophene rings is 2. The molecule has 196 valence electrons. The Bertz CT molecular complexity index is 1960. The molecule has 0 fully saturated rings. The first-order chi connectivity index (χ1) is 18.8. The van der Waals surface area contributed by atoms with Gasteiger partial charge in [-0.05, 0) is 69.0 Å². The summed E-state index contributed by atoms with van der Waals surface area (Å²) in [4.78, 5) is 48.5. The summed E-state index contributed by atoms with van der Waals surface area (Å²) in [6.45, 7) is 6.11. The minimum absolute atomic E-state index is 0.191. The van der Waals surface area contributed by atoms with Gasteiger partial charge in [0.2, 0.25) is 0 Å². The summed E-state index contributed by atoms with van der Waals surface area (Å²) in [5, 5.41) is 1.70. The highest BCUT2D eigenvalue weighted by Gasteiger charge is 2.20. The summed E-state index contributed by atoms with van der Waals surface area (Å²) in [6.07, 6.45) is 4.54. The Kier molecular flexibility index (Phi) is 6.32. The maximum atomic E-state index is 12.9. The molecule has 0 unspecified atom stereocenters. The highest BCUT2D eigenvalue weighted by molar-refractivity contribution is 7.25. The van der Waals surface area contributed by atoms with E-state index >= 15 is 0 Å². The fourth-order valence-corrected chi connectivity index (χ4v) is 6.99. The van der Waals surface area contributed by atoms with Crippen molar-refractivity contribution in [2.75, 3.05) is 12.3 Å². The van der Waals surface area contributed by atoms with E-state index in [9.17, 15) is 9.59 Å². The van der Waals surface area contributed by atoms with E-state index in [4.69, 9.17) is 20.4 Å². The molecular weight excluding hydrogens is 532 g/mol. The Labute approximate surface area is 230 Å². The van der Waals surface area contributed by atoms with Crippen LogP contribution in [0.25, 0.3) is 42.0 Å². The number of rotatable bonds is 6. The molecule has 0 bridgehead atoms. The Morgan fingerprint density at radius 3 is 2.54 bits per heavy atom. The number of carbonyl (C=O) groups excluding carboxylic acids is 1. The molecule has 0 radical (unpaired) electrons. The van der Waals surface area contributed by atoms with Gasteiger partial charge in [-0.3, -0.25) is 9.78 Å². The van der Waals surface area contributed by atoms with Crippen molar-refractivity contribution < 1.29 is 9.53 Å². The van der Waals surface area contributed by atoms with Crippen LogP contribution < -0.4 is 11.3 Å². The van der Waals surface area contributed by atoms with Crippen molar-refractivity contribution in [1.29, 1.82) is 0 Å². The number of anilines is 1. The Morgan fingerprint density at radius 1 is 1.00 bits per heavy atom. The first-order valence-electron chi connectivity index (χ1n) is 12.4. The summed E-state index contributed by atoms with van der Waals surface area (Å²) in [6, 6.07) is 7.58. The van der Waals surface area contributed by atoms with E-state index in [-0.39, 0.29) is 12.2 Å². The minimum Gasteiger partial charge on any atom is -0.461 e. The van der Waals surface area contributed by atoms with Gasteiger partial charge in [-0.2, -0.15) is 0 Å². The Morgan fingerprint density at radius 2 is 1.74 bits per heavy atom. The lowest BCUT2D eigenvalue weighted by atomic mass is 10.1. The molecule has 6 rings (SSSR count). The van der Waals surface area contributed by atoms with Crippen molar-refractivity contribution in [2.24, 2.45) is 0 Å². The molecule has 0 saturated carbocycles. The van der Waals surface area contributed by atoms with E-state index in [1.165, 1.54) is 22.7 Å². The second kappa shape index (κ2) is 9.83. The molecule has 3 N–H and O–H groups in total. The van der Waals surface area contributed by atoms with Gasteiger partial charge in [-0.15, -0.1) is 22.7 Å². The fourth-order valence-electron chi connectivity index (χ4n) is 4.77. The van der Waals surface area contributed by atoms with E-state index in [2.05, 4.69) is 15.0 Å². The molecule has 6 aromatic heterocycles. The number of nitrogens with zero attached hydrogens (tertiary/aromatic N) is 4. The lowest BCUT2D eigenvalue weighted by Gasteiger charge is -2.06. The second-order valence-electron chi connectivity index (χ2n) is 9.39. The monoisotopic (exact) mass is 556 g/mol. The number of carbonyl (C=O) groups is 1. The number of pyridine rings is 3. The van der Waals surface area contributed by atoms with E-state index in [0.717, 1.165) is 48.5 Å². The smallest absolute Gasteiger partial charge is 0.350 e. The molecule has 0 aliphatic carbocycles. The summed E-state index contributed by atoms with van der Waals surface area (Å²) in [5.74, 6) is 0.0622. The number of hydrogen-bond acceptors (Lipinski definition) is 10. The summed E-state index contributed by atoms with van der Waals surface area (Å²) in [5.41, 5.74) is 11.7. The van der Waals surface area contributed by atoms with Gasteiger partial charge < -0.3 is 15.5 Å². The number of esters is 1. The van der Waals surface area contributed by atoms with E-state index in [1.54, 1.807) is 12.4 Å². The van der Waals surface area contributed by atoms with Crippen LogP contribution in [0.15, 0.2) is 41.5 Å². The zero-order valence-corrected chi connectivity index (χ0v) is 23.1. The van der Waals surface area contributed by atoms with Gasteiger partial charge >= 0.3 is 5.97 Å². The SMILES string of the molecule is Cc1cc(C)c2c(N)c(C(=O)OCCCc3cc(C)c4c(n3)sc3c(=O)[nH]c(-c5ccncc5)nc34)sc2n1. The number of hydrogen-bond donors (Lipinski definition) is 2. The maximum Gasteiger partial charge on any atom is 0.350 e. The zero-order chi connectivity index (χ0) is 27.3. The molecular formula is C28H24N6O3S2. The van der Waals surface area contributed by atoms with Gasteiger partial charge in [0.1, 0.15) is 25.1 Å². The van der Waals surface area contributed by atoms with Crippen molar-refractivity contribution in [1.82, 2.24) is 24.9 Å². The maximum absolute atomic E-state index is 12.9. The van der Waals surface area contributed by atoms with Crippen LogP contribution in [0.3, 0.4) is 0 Å². The van der Waals surface area contributed by atoms with E-state index in [0.29, 0.717) is 39.4 Å². The summed E-state index contributed by atoms with van der Waals surface area (Å²) in [7, 11) is 0. The standard InChI is InChI=1S/C28H24N6O3S2/c1-13-11-15(3)31-26-18(13)20(29)22(38-26)28(36)37-10-4-5-17-12-14(2)19-21-23(39-27(19)32-17)25(35)34-24(33-21)16-6-8-30-9-7-16/h6-9,11-12H,4-5,10,29H2,1-3H3,(H,33,34,35). The van der Waals surface area contributed by atoms with Crippen LogP contribution in [0.4, 0.5) is 5.69 Å². The quantitative estimate of drug-likeness (QED) is 0.203. The molecule has 6 aromatic rings. The molecule has 9 nitrogen and oxygen atoms in total. The van der Waals surface area contributed by atoms with Gasteiger partial charge in [-0.1, -0.05) is 0 Å². The van der Waals surface area contributed by atoms with Crippen LogP contribution in [-0.2, 0) is 11.2 Å². The van der Waals surface area contributed by atoms with Crippen LogP contribution >= 0.6 is 22.7 Å². The molecule has 0 aromatic carbocycles. The normalized spacial score (nSPS) is 11.6. The van der Waals surface area contributed by atoms with Crippen molar-refractivity contribution in [3.05, 3.63) is 74.4 Å². The first-order valence-corrected chi connectivity index (χ1v) is 14.0. The number of aromatic amines is 1. The van der Waals surface area contributed by atoms with Gasteiger partial charge in [0.25, 0.3) is 5.56 Å². The summed E-state index contributed by atoms with van der Waals surface area (Å²) >= 11 is 2.60. The molecule has 0 amide bonds. The largest absolute Gasteiger partial charge is 0.461 e. The average Bonchev–Trinajstić information content (AvgIpc) is 3.45. The third kappa shape index (κ3) is 4.53. The number of aryl methyl sites for hydroxylation is 4. The van der Waals surface area contributed by atoms with Crippen LogP contribution in [0.5, 0.6) is 0 Å². The molecule has 39 heavy (non-hydrogen) atoms. The third-order valence-corrected chi connectivity index (χ3v) is 8.67. The molecule has 0 spiro atoms. The van der Waals surface area contributed by atoms with Gasteiger partial charge in [0.05, 0.1) is 17.8 Å². The second-order valence-corrected chi connectivity index (χ2v) is 11.4. The lowest BCUT2D eigenvalue weighted by Crippen LogP contribution is -2.08. The predicted molar refractivity (Wildman–Crippen MR) is 156 cm³/mol. The molecule has 0 atom stereocenters. The number of nitrogens with two attached hydrogens (primary N) is 1. The van der Waals surface area contributed by atoms with Crippen LogP contribution in [0.2, 0.25) is 0 Å². The number of ether oxygens (including phenoxy) is 1. The lowest BCUT2D eigenvalue weighted by molar-refractivity contribution is 0.0507. The minimum atomic E-state index is -0.438. The van der Waals surface area contributed by atoms with Crippen LogP contribution in [0.1, 0.15) is 38.6 Å². The molecule has 0 aliphatic heterocycles. The van der Waals surface area contributed by atoms with Gasteiger partial charge in [0, 0.05) is 40.1 Å². The number of H-pyrrole nitrogens is 1. The molecule has 11 heteroatoms.